The van der Waals surface area contributed by atoms with Gasteiger partial charge in [0.05, 0.1) is 27.3 Å². The molecule has 0 aliphatic carbocycles. The highest BCUT2D eigenvalue weighted by molar-refractivity contribution is 7.26. The lowest BCUT2D eigenvalue weighted by atomic mass is 9.93. The summed E-state index contributed by atoms with van der Waals surface area (Å²) in [5, 5.41) is 3.69. The predicted octanol–water partition coefficient (Wildman–Crippen LogP) is 15.1. The van der Waals surface area contributed by atoms with Crippen LogP contribution in [-0.4, -0.2) is 15.0 Å². The molecule has 3 nitrogen and oxygen atoms in total. The first-order valence-corrected chi connectivity index (χ1v) is 20.7. The molecule has 0 bridgehead atoms. The maximum atomic E-state index is 5.46. The fourth-order valence-corrected chi connectivity index (χ4v) is 9.40. The van der Waals surface area contributed by atoms with Crippen molar-refractivity contribution in [2.24, 2.45) is 0 Å². The lowest BCUT2D eigenvalue weighted by Gasteiger charge is -2.13. The Morgan fingerprint density at radius 1 is 0.322 bits per heavy atom. The number of benzene rings is 8. The summed E-state index contributed by atoms with van der Waals surface area (Å²) < 4.78 is 2.44. The van der Waals surface area contributed by atoms with Gasteiger partial charge in [0.2, 0.25) is 0 Å². The molecule has 0 saturated carbocycles. The molecular formula is C55H35N3S. The molecule has 3 aromatic heterocycles. The summed E-state index contributed by atoms with van der Waals surface area (Å²) in [6.45, 7) is 0. The van der Waals surface area contributed by atoms with Gasteiger partial charge in [-0.1, -0.05) is 188 Å². The van der Waals surface area contributed by atoms with Gasteiger partial charge in [0.1, 0.15) is 0 Å². The molecule has 0 radical (unpaired) electrons. The number of fused-ring (bicyclic) bond motifs is 5. The largest absolute Gasteiger partial charge is 0.246 e. The Morgan fingerprint density at radius 2 is 0.831 bits per heavy atom. The average molecular weight is 770 g/mol. The lowest BCUT2D eigenvalue weighted by Crippen LogP contribution is -1.96. The molecule has 0 aliphatic rings. The average Bonchev–Trinajstić information content (AvgIpc) is 3.72. The van der Waals surface area contributed by atoms with Crippen LogP contribution in [0.3, 0.4) is 0 Å². The Labute approximate surface area is 346 Å². The minimum atomic E-state index is 0.697. The number of pyridine rings is 1. The van der Waals surface area contributed by atoms with Crippen LogP contribution >= 0.6 is 11.3 Å². The number of rotatable bonds is 7. The van der Waals surface area contributed by atoms with Gasteiger partial charge in [-0.05, 0) is 57.6 Å². The van der Waals surface area contributed by atoms with E-state index in [9.17, 15) is 0 Å². The Hall–Kier alpha value is -7.53. The molecule has 0 atom stereocenters. The van der Waals surface area contributed by atoms with Crippen LogP contribution < -0.4 is 0 Å². The van der Waals surface area contributed by atoms with Crippen molar-refractivity contribution in [2.75, 3.05) is 0 Å². The van der Waals surface area contributed by atoms with Gasteiger partial charge in [-0.25, -0.2) is 15.0 Å². The van der Waals surface area contributed by atoms with Crippen LogP contribution in [-0.2, 0) is 0 Å². The summed E-state index contributed by atoms with van der Waals surface area (Å²) in [6, 6.07) is 74.9. The number of thiophene rings is 1. The number of nitrogens with zero attached hydrogens (tertiary/aromatic N) is 3. The molecule has 4 heteroatoms. The van der Waals surface area contributed by atoms with Crippen molar-refractivity contribution in [1.82, 2.24) is 15.0 Å². The molecule has 3 heterocycles. The third kappa shape index (κ3) is 6.46. The number of aromatic nitrogens is 3. The van der Waals surface area contributed by atoms with Crippen molar-refractivity contribution in [3.63, 3.8) is 0 Å². The lowest BCUT2D eigenvalue weighted by molar-refractivity contribution is 1.18. The van der Waals surface area contributed by atoms with Crippen LogP contribution in [0.25, 0.3) is 110 Å². The Balaban J connectivity index is 1.03. The number of hydrogen-bond acceptors (Lipinski definition) is 4. The molecule has 0 unspecified atom stereocenters. The minimum Gasteiger partial charge on any atom is -0.246 e. The SMILES string of the molecule is c1ccc(-c2ccc(-c3cc(-c4ccc(-c5nc6cccc(-c7cccc(-c8ccccc8)c7)c6c6c5sc5ccccc56)cc4)nc(-c4ccccc4)n3)cc2)cc1. The fourth-order valence-electron chi connectivity index (χ4n) is 8.18. The van der Waals surface area contributed by atoms with Crippen molar-refractivity contribution in [3.8, 4) is 78.5 Å². The smallest absolute Gasteiger partial charge is 0.160 e. The summed E-state index contributed by atoms with van der Waals surface area (Å²) in [7, 11) is 0. The van der Waals surface area contributed by atoms with Crippen LogP contribution in [0.2, 0.25) is 0 Å². The van der Waals surface area contributed by atoms with Crippen LogP contribution in [0.4, 0.5) is 0 Å². The number of hydrogen-bond donors (Lipinski definition) is 0. The van der Waals surface area contributed by atoms with Crippen molar-refractivity contribution in [2.45, 2.75) is 0 Å². The molecule has 0 N–H and O–H groups in total. The predicted molar refractivity (Wildman–Crippen MR) is 248 cm³/mol. The molecule has 8 aromatic carbocycles. The maximum Gasteiger partial charge on any atom is 0.160 e. The van der Waals surface area contributed by atoms with E-state index in [0.29, 0.717) is 5.82 Å². The molecule has 0 fully saturated rings. The zero-order valence-electron chi connectivity index (χ0n) is 32.0. The second kappa shape index (κ2) is 14.8. The summed E-state index contributed by atoms with van der Waals surface area (Å²) in [5.41, 5.74) is 15.0. The topological polar surface area (TPSA) is 38.7 Å². The Bertz CT molecular complexity index is 3280. The standard InChI is InChI=1S/C55H35N3S/c1-4-14-36(15-5-1)38-26-28-39(29-27-38)48-35-49(58-55(57-48)42-18-8-3-9-19-42)40-30-32-41(33-31-40)53-54-52(46-22-10-11-25-50(46)59-54)51-45(23-13-24-47(51)56-53)44-21-12-20-43(34-44)37-16-6-2-7-17-37/h1-35H. The van der Waals surface area contributed by atoms with Gasteiger partial charge in [-0.2, -0.15) is 0 Å². The minimum absolute atomic E-state index is 0.697. The summed E-state index contributed by atoms with van der Waals surface area (Å²) in [5.74, 6) is 0.697. The monoisotopic (exact) mass is 769 g/mol. The van der Waals surface area contributed by atoms with Crippen LogP contribution in [0.1, 0.15) is 0 Å². The summed E-state index contributed by atoms with van der Waals surface area (Å²) in [6.07, 6.45) is 0. The van der Waals surface area contributed by atoms with Gasteiger partial charge in [-0.15, -0.1) is 11.3 Å². The highest BCUT2D eigenvalue weighted by atomic mass is 32.1. The van der Waals surface area contributed by atoms with Gasteiger partial charge in [0.25, 0.3) is 0 Å². The first-order valence-electron chi connectivity index (χ1n) is 19.8. The van der Waals surface area contributed by atoms with Crippen molar-refractivity contribution < 1.29 is 0 Å². The molecule has 276 valence electrons. The Kier molecular flexibility index (Phi) is 8.68. The van der Waals surface area contributed by atoms with E-state index in [0.717, 1.165) is 44.9 Å². The fraction of sp³-hybridized carbons (Fsp3) is 0. The quantitative estimate of drug-likeness (QED) is 0.162. The highest BCUT2D eigenvalue weighted by Crippen LogP contribution is 2.46. The first kappa shape index (κ1) is 34.7. The zero-order chi connectivity index (χ0) is 39.1. The van der Waals surface area contributed by atoms with E-state index in [1.165, 1.54) is 58.9 Å². The van der Waals surface area contributed by atoms with Gasteiger partial charge >= 0.3 is 0 Å². The van der Waals surface area contributed by atoms with Crippen molar-refractivity contribution >= 4 is 42.4 Å². The summed E-state index contributed by atoms with van der Waals surface area (Å²) >= 11 is 1.82. The van der Waals surface area contributed by atoms with E-state index in [2.05, 4.69) is 188 Å². The molecular weight excluding hydrogens is 735 g/mol. The van der Waals surface area contributed by atoms with Crippen molar-refractivity contribution in [3.05, 3.63) is 212 Å². The van der Waals surface area contributed by atoms with Crippen molar-refractivity contribution in [1.29, 1.82) is 0 Å². The van der Waals surface area contributed by atoms with Crippen LogP contribution in [0, 0.1) is 0 Å². The summed E-state index contributed by atoms with van der Waals surface area (Å²) in [4.78, 5) is 15.7. The molecule has 11 rings (SSSR count). The van der Waals surface area contributed by atoms with E-state index in [-0.39, 0.29) is 0 Å². The van der Waals surface area contributed by atoms with E-state index in [1.807, 2.05) is 35.6 Å². The second-order valence-electron chi connectivity index (χ2n) is 14.8. The zero-order valence-corrected chi connectivity index (χ0v) is 32.8. The third-order valence-electron chi connectivity index (χ3n) is 11.1. The van der Waals surface area contributed by atoms with E-state index < -0.39 is 0 Å². The Morgan fingerprint density at radius 3 is 1.51 bits per heavy atom. The normalized spacial score (nSPS) is 11.4. The second-order valence-corrected chi connectivity index (χ2v) is 15.8. The molecule has 0 saturated heterocycles. The van der Waals surface area contributed by atoms with E-state index >= 15 is 0 Å². The van der Waals surface area contributed by atoms with Crippen LogP contribution in [0.5, 0.6) is 0 Å². The molecule has 11 aromatic rings. The van der Waals surface area contributed by atoms with Crippen LogP contribution in [0.15, 0.2) is 212 Å². The van der Waals surface area contributed by atoms with Gasteiger partial charge in [0, 0.05) is 43.1 Å². The first-order chi connectivity index (χ1) is 29.2. The molecule has 0 spiro atoms. The van der Waals surface area contributed by atoms with Gasteiger partial charge in [-0.3, -0.25) is 0 Å². The molecule has 0 amide bonds. The third-order valence-corrected chi connectivity index (χ3v) is 12.3. The van der Waals surface area contributed by atoms with E-state index in [1.54, 1.807) is 0 Å². The van der Waals surface area contributed by atoms with E-state index in [4.69, 9.17) is 15.0 Å². The van der Waals surface area contributed by atoms with Gasteiger partial charge < -0.3 is 0 Å². The maximum absolute atomic E-state index is 5.46. The van der Waals surface area contributed by atoms with Gasteiger partial charge in [0.15, 0.2) is 5.82 Å². The molecule has 59 heavy (non-hydrogen) atoms. The highest BCUT2D eigenvalue weighted by Gasteiger charge is 2.20. The molecule has 0 aliphatic heterocycles.